The van der Waals surface area contributed by atoms with Gasteiger partial charge in [-0.1, -0.05) is 57.4 Å². The summed E-state index contributed by atoms with van der Waals surface area (Å²) in [5, 5.41) is 19.3. The number of aromatic amines is 1. The van der Waals surface area contributed by atoms with E-state index in [1.54, 1.807) is 20.4 Å². The van der Waals surface area contributed by atoms with Gasteiger partial charge < -0.3 is 9.47 Å². The molecule has 0 atom stereocenters. The van der Waals surface area contributed by atoms with Crippen LogP contribution in [0.2, 0.25) is 0 Å². The van der Waals surface area contributed by atoms with Crippen molar-refractivity contribution in [3.63, 3.8) is 0 Å². The largest absolute Gasteiger partial charge is 0.347 e. The van der Waals surface area contributed by atoms with Crippen molar-refractivity contribution in [2.45, 2.75) is 71.1 Å². The van der Waals surface area contributed by atoms with Crippen molar-refractivity contribution in [1.29, 1.82) is 0 Å². The maximum Gasteiger partial charge on any atom is 0.231 e. The Morgan fingerprint density at radius 3 is 2.43 bits per heavy atom. The lowest BCUT2D eigenvalue weighted by Crippen LogP contribution is -2.32. The minimum Gasteiger partial charge on any atom is -0.347 e. The highest BCUT2D eigenvalue weighted by Crippen LogP contribution is 2.31. The summed E-state index contributed by atoms with van der Waals surface area (Å²) < 4.78 is 13.7. The van der Waals surface area contributed by atoms with Crippen LogP contribution in [0.25, 0.3) is 22.6 Å². The Morgan fingerprint density at radius 1 is 0.973 bits per heavy atom. The third-order valence-electron chi connectivity index (χ3n) is 6.57. The number of benzene rings is 1. The quantitative estimate of drug-likeness (QED) is 0.190. The zero-order chi connectivity index (χ0) is 26.1. The Labute approximate surface area is 217 Å². The molecule has 0 fully saturated rings. The van der Waals surface area contributed by atoms with Gasteiger partial charge in [-0.2, -0.15) is 5.21 Å². The minimum atomic E-state index is -0.935. The Balaban J connectivity index is 1.61. The van der Waals surface area contributed by atoms with Crippen molar-refractivity contribution in [3.8, 4) is 22.6 Å². The zero-order valence-electron chi connectivity index (χ0n) is 22.1. The maximum atomic E-state index is 5.84. The number of hydrogen-bond donors (Lipinski definition) is 1. The molecule has 1 N–H and O–H groups in total. The number of aryl methyl sites for hydroxylation is 1. The molecule has 196 valence electrons. The zero-order valence-corrected chi connectivity index (χ0v) is 22.1. The highest BCUT2D eigenvalue weighted by molar-refractivity contribution is 5.76. The number of aromatic nitrogens is 8. The molecular weight excluding hydrogens is 468 g/mol. The fourth-order valence-corrected chi connectivity index (χ4v) is 4.40. The SMILES string of the molecule is CCCCCc1nc(C(CCCC)(OC)OC)nn1Cc1ccc(-c2ncccc2-c2nn[nH]n2)cc1. The van der Waals surface area contributed by atoms with Gasteiger partial charge in [-0.15, -0.1) is 15.3 Å². The van der Waals surface area contributed by atoms with Crippen molar-refractivity contribution in [1.82, 2.24) is 40.4 Å². The first-order valence-electron chi connectivity index (χ1n) is 13.0. The average Bonchev–Trinajstić information content (AvgIpc) is 3.62. The monoisotopic (exact) mass is 504 g/mol. The van der Waals surface area contributed by atoms with Crippen LogP contribution < -0.4 is 0 Å². The number of tetrazole rings is 1. The Bertz CT molecular complexity index is 1230. The van der Waals surface area contributed by atoms with Crippen LogP contribution >= 0.6 is 0 Å². The van der Waals surface area contributed by atoms with Crippen LogP contribution in [-0.4, -0.2) is 54.6 Å². The Kier molecular flexibility index (Phi) is 9.08. The first-order valence-corrected chi connectivity index (χ1v) is 13.0. The molecule has 3 aromatic heterocycles. The molecule has 10 nitrogen and oxygen atoms in total. The normalized spacial score (nSPS) is 11.8. The van der Waals surface area contributed by atoms with E-state index in [-0.39, 0.29) is 0 Å². The number of ether oxygens (including phenoxy) is 2. The van der Waals surface area contributed by atoms with Gasteiger partial charge in [-0.05, 0) is 35.8 Å². The number of nitrogens with one attached hydrogen (secondary N) is 1. The Morgan fingerprint density at radius 2 is 1.76 bits per heavy atom. The third kappa shape index (κ3) is 6.08. The van der Waals surface area contributed by atoms with Crippen molar-refractivity contribution in [2.24, 2.45) is 0 Å². The first kappa shape index (κ1) is 26.6. The lowest BCUT2D eigenvalue weighted by atomic mass is 10.0. The number of hydrogen-bond acceptors (Lipinski definition) is 8. The highest BCUT2D eigenvalue weighted by Gasteiger charge is 2.37. The van der Waals surface area contributed by atoms with Crippen LogP contribution in [0.3, 0.4) is 0 Å². The van der Waals surface area contributed by atoms with Gasteiger partial charge in [-0.3, -0.25) is 4.98 Å². The number of nitrogens with zero attached hydrogens (tertiary/aromatic N) is 7. The summed E-state index contributed by atoms with van der Waals surface area (Å²) >= 11 is 0. The van der Waals surface area contributed by atoms with Gasteiger partial charge in [0, 0.05) is 44.4 Å². The van der Waals surface area contributed by atoms with Gasteiger partial charge in [0.15, 0.2) is 0 Å². The summed E-state index contributed by atoms with van der Waals surface area (Å²) in [7, 11) is 3.32. The van der Waals surface area contributed by atoms with Crippen LogP contribution in [0.15, 0.2) is 42.6 Å². The molecule has 0 saturated heterocycles. The van der Waals surface area contributed by atoms with Crippen molar-refractivity contribution < 1.29 is 9.47 Å². The van der Waals surface area contributed by atoms with Gasteiger partial charge in [0.25, 0.3) is 0 Å². The number of pyridine rings is 1. The molecule has 0 aliphatic carbocycles. The van der Waals surface area contributed by atoms with Crippen molar-refractivity contribution in [3.05, 3.63) is 59.8 Å². The number of unbranched alkanes of at least 4 members (excludes halogenated alkanes) is 3. The van der Waals surface area contributed by atoms with Gasteiger partial charge in [0.2, 0.25) is 17.4 Å². The summed E-state index contributed by atoms with van der Waals surface area (Å²) in [4.78, 5) is 9.49. The van der Waals surface area contributed by atoms with E-state index in [2.05, 4.69) is 63.7 Å². The standard InChI is InChI=1S/C27H36N8O2/c1-5-7-9-12-23-29-26(27(36-3,37-4)17-8-6-2)32-35(23)19-20-13-15-21(16-14-20)24-22(11-10-18-28-24)25-30-33-34-31-25/h10-11,13-16,18H,5-9,12,17,19H2,1-4H3,(H,30,31,33,34). The van der Waals surface area contributed by atoms with Crippen LogP contribution in [-0.2, 0) is 28.2 Å². The van der Waals surface area contributed by atoms with E-state index in [9.17, 15) is 0 Å². The molecule has 3 heterocycles. The average molecular weight is 505 g/mol. The first-order chi connectivity index (χ1) is 18.1. The fraction of sp³-hybridized carbons (Fsp3) is 0.481. The lowest BCUT2D eigenvalue weighted by Gasteiger charge is -2.27. The molecule has 37 heavy (non-hydrogen) atoms. The van der Waals surface area contributed by atoms with Crippen molar-refractivity contribution >= 4 is 0 Å². The molecule has 0 amide bonds. The van der Waals surface area contributed by atoms with Crippen LogP contribution in [0.4, 0.5) is 0 Å². The molecule has 0 bridgehead atoms. The second kappa shape index (κ2) is 12.6. The van der Waals surface area contributed by atoms with E-state index < -0.39 is 5.79 Å². The summed E-state index contributed by atoms with van der Waals surface area (Å²) in [5.41, 5.74) is 3.72. The predicted octanol–water partition coefficient (Wildman–Crippen LogP) is 4.94. The van der Waals surface area contributed by atoms with E-state index in [1.807, 2.05) is 16.8 Å². The number of methoxy groups -OCH3 is 2. The lowest BCUT2D eigenvalue weighted by molar-refractivity contribution is -0.226. The van der Waals surface area contributed by atoms with Gasteiger partial charge in [0.05, 0.1) is 12.2 Å². The smallest absolute Gasteiger partial charge is 0.231 e. The van der Waals surface area contributed by atoms with Crippen LogP contribution in [0.1, 0.15) is 69.6 Å². The molecule has 0 aliphatic rings. The second-order valence-electron chi connectivity index (χ2n) is 9.06. The summed E-state index contributed by atoms with van der Waals surface area (Å²) in [6.07, 6.45) is 8.70. The van der Waals surface area contributed by atoms with Gasteiger partial charge in [0.1, 0.15) is 5.82 Å². The summed E-state index contributed by atoms with van der Waals surface area (Å²) in [6, 6.07) is 12.1. The molecule has 0 unspecified atom stereocenters. The van der Waals surface area contributed by atoms with Gasteiger partial charge in [-0.25, -0.2) is 9.67 Å². The van der Waals surface area contributed by atoms with E-state index in [4.69, 9.17) is 19.6 Å². The molecule has 1 aromatic carbocycles. The number of rotatable bonds is 14. The van der Waals surface area contributed by atoms with Crippen LogP contribution in [0, 0.1) is 0 Å². The topological polar surface area (TPSA) is 117 Å². The minimum absolute atomic E-state index is 0.516. The fourth-order valence-electron chi connectivity index (χ4n) is 4.40. The molecule has 0 saturated carbocycles. The predicted molar refractivity (Wildman–Crippen MR) is 140 cm³/mol. The van der Waals surface area contributed by atoms with E-state index >= 15 is 0 Å². The van der Waals surface area contributed by atoms with E-state index in [0.717, 1.165) is 66.7 Å². The molecule has 0 spiro atoms. The van der Waals surface area contributed by atoms with Crippen LogP contribution in [0.5, 0.6) is 0 Å². The molecule has 0 aliphatic heterocycles. The van der Waals surface area contributed by atoms with Gasteiger partial charge >= 0.3 is 0 Å². The van der Waals surface area contributed by atoms with E-state index in [1.165, 1.54) is 0 Å². The Hall–Kier alpha value is -3.50. The number of H-pyrrole nitrogens is 1. The van der Waals surface area contributed by atoms with E-state index in [0.29, 0.717) is 24.6 Å². The van der Waals surface area contributed by atoms with Crippen molar-refractivity contribution in [2.75, 3.05) is 14.2 Å². The molecule has 4 rings (SSSR count). The maximum absolute atomic E-state index is 5.84. The second-order valence-corrected chi connectivity index (χ2v) is 9.06. The molecule has 10 heteroatoms. The summed E-state index contributed by atoms with van der Waals surface area (Å²) in [5.74, 6) is 1.12. The molecular formula is C27H36N8O2. The third-order valence-corrected chi connectivity index (χ3v) is 6.57. The molecule has 0 radical (unpaired) electrons. The molecule has 4 aromatic rings. The summed E-state index contributed by atoms with van der Waals surface area (Å²) in [6.45, 7) is 4.96. The highest BCUT2D eigenvalue weighted by atomic mass is 16.7.